The summed E-state index contributed by atoms with van der Waals surface area (Å²) in [7, 11) is 0. The Kier molecular flexibility index (Phi) is 1.44. The topological polar surface area (TPSA) is 108 Å². The lowest BCUT2D eigenvalue weighted by Crippen LogP contribution is -2.30. The largest absolute Gasteiger partial charge is 0.429 e. The maximum Gasteiger partial charge on any atom is 0.429 e. The fourth-order valence-corrected chi connectivity index (χ4v) is 1.06. The molecule has 0 aliphatic carbocycles. The maximum atomic E-state index is 10.9. The van der Waals surface area contributed by atoms with Crippen molar-refractivity contribution in [2.45, 2.75) is 6.54 Å². The first-order valence-electron chi connectivity index (χ1n) is 3.42. The number of hydrogen-bond donors (Lipinski definition) is 0. The third-order valence-electron chi connectivity index (χ3n) is 1.55. The summed E-state index contributed by atoms with van der Waals surface area (Å²) < 4.78 is 1.08. The van der Waals surface area contributed by atoms with Gasteiger partial charge in [-0.3, -0.25) is 0 Å². The highest BCUT2D eigenvalue weighted by molar-refractivity contribution is 5.12. The standard InChI is InChI=1S/C4H4N6O3/c11-4-6-3-7-5-1-2-8(3)9(4)10(12)13/h1-2H2. The van der Waals surface area contributed by atoms with Crippen LogP contribution in [0.2, 0.25) is 0 Å². The van der Waals surface area contributed by atoms with Gasteiger partial charge in [0.25, 0.3) is 0 Å². The van der Waals surface area contributed by atoms with Crippen LogP contribution in [0.4, 0.5) is 5.95 Å². The van der Waals surface area contributed by atoms with Crippen LogP contribution in [0.15, 0.2) is 15.0 Å². The van der Waals surface area contributed by atoms with Gasteiger partial charge >= 0.3 is 11.6 Å². The number of nitro groups is 1. The summed E-state index contributed by atoms with van der Waals surface area (Å²) in [5.41, 5.74) is -0.944. The monoisotopic (exact) mass is 184 g/mol. The van der Waals surface area contributed by atoms with Crippen LogP contribution >= 0.6 is 0 Å². The zero-order chi connectivity index (χ0) is 9.42. The third-order valence-corrected chi connectivity index (χ3v) is 1.55. The predicted molar refractivity (Wildman–Crippen MR) is 38.3 cm³/mol. The summed E-state index contributed by atoms with van der Waals surface area (Å²) in [4.78, 5) is 25.0. The Morgan fingerprint density at radius 3 is 3.00 bits per heavy atom. The van der Waals surface area contributed by atoms with Gasteiger partial charge in [-0.15, -0.1) is 9.67 Å². The first-order chi connectivity index (χ1) is 6.20. The van der Waals surface area contributed by atoms with Crippen molar-refractivity contribution >= 4 is 5.95 Å². The molecule has 0 N–H and O–H groups in total. The van der Waals surface area contributed by atoms with Gasteiger partial charge in [-0.25, -0.2) is 4.79 Å². The molecule has 1 aliphatic rings. The quantitative estimate of drug-likeness (QED) is 0.419. The van der Waals surface area contributed by atoms with Gasteiger partial charge in [-0.05, 0) is 0 Å². The molecule has 1 aromatic heterocycles. The van der Waals surface area contributed by atoms with Crippen LogP contribution in [-0.4, -0.2) is 26.0 Å². The van der Waals surface area contributed by atoms with Crippen molar-refractivity contribution in [3.63, 3.8) is 0 Å². The number of rotatable bonds is 1. The molecule has 0 bridgehead atoms. The minimum Gasteiger partial charge on any atom is -0.339 e. The normalized spacial score (nSPS) is 14.2. The lowest BCUT2D eigenvalue weighted by atomic mass is 10.6. The molecule has 0 aromatic carbocycles. The van der Waals surface area contributed by atoms with Gasteiger partial charge in [0.05, 0.1) is 9.82 Å². The molecule has 2 rings (SSSR count). The molecule has 0 saturated carbocycles. The smallest absolute Gasteiger partial charge is 0.339 e. The van der Waals surface area contributed by atoms with Crippen LogP contribution in [0.5, 0.6) is 0 Å². The first-order valence-corrected chi connectivity index (χ1v) is 3.42. The van der Waals surface area contributed by atoms with Crippen LogP contribution in [-0.2, 0) is 6.54 Å². The maximum absolute atomic E-state index is 10.9. The molecule has 13 heavy (non-hydrogen) atoms. The van der Waals surface area contributed by atoms with Crippen molar-refractivity contribution in [2.24, 2.45) is 10.2 Å². The summed E-state index contributed by atoms with van der Waals surface area (Å²) in [5, 5.41) is 16.7. The van der Waals surface area contributed by atoms with E-state index in [0.29, 0.717) is 11.3 Å². The number of hydrogen-bond acceptors (Lipinski definition) is 6. The second-order valence-corrected chi connectivity index (χ2v) is 2.31. The Morgan fingerprint density at radius 1 is 1.54 bits per heavy atom. The highest BCUT2D eigenvalue weighted by atomic mass is 16.7. The first kappa shape index (κ1) is 7.58. The summed E-state index contributed by atoms with van der Waals surface area (Å²) in [6.07, 6.45) is 0. The van der Waals surface area contributed by atoms with E-state index < -0.39 is 10.7 Å². The van der Waals surface area contributed by atoms with E-state index in [2.05, 4.69) is 15.2 Å². The Morgan fingerprint density at radius 2 is 2.31 bits per heavy atom. The van der Waals surface area contributed by atoms with Gasteiger partial charge in [0.15, 0.2) is 0 Å². The average Bonchev–Trinajstić information content (AvgIpc) is 2.39. The molecule has 0 spiro atoms. The minimum absolute atomic E-state index is 0.0204. The molecule has 68 valence electrons. The molecule has 0 fully saturated rings. The lowest BCUT2D eigenvalue weighted by Gasteiger charge is -2.02. The van der Waals surface area contributed by atoms with Crippen LogP contribution in [0.1, 0.15) is 0 Å². The molecule has 9 nitrogen and oxygen atoms in total. The number of azo groups is 1. The van der Waals surface area contributed by atoms with E-state index in [9.17, 15) is 14.9 Å². The molecule has 1 aliphatic heterocycles. The average molecular weight is 184 g/mol. The summed E-state index contributed by atoms with van der Waals surface area (Å²) in [5.74, 6) is -0.0204. The fraction of sp³-hybridized carbons (Fsp3) is 0.500. The summed E-state index contributed by atoms with van der Waals surface area (Å²) in [6, 6.07) is 0. The van der Waals surface area contributed by atoms with Gasteiger partial charge in [0.1, 0.15) is 13.1 Å². The molecule has 0 radical (unpaired) electrons. The fourth-order valence-electron chi connectivity index (χ4n) is 1.06. The molecule has 2 heterocycles. The SMILES string of the molecule is O=c1nc2n(n1[N+](=O)[O-])CCN=N2. The molecule has 9 heteroatoms. The predicted octanol–water partition coefficient (Wildman–Crippen LogP) is -0.818. The molecule has 0 saturated heterocycles. The second kappa shape index (κ2) is 2.47. The molecular formula is C4H4N6O3. The number of fused-ring (bicyclic) bond motifs is 1. The van der Waals surface area contributed by atoms with Crippen LogP contribution in [0.3, 0.4) is 0 Å². The van der Waals surface area contributed by atoms with E-state index in [4.69, 9.17) is 0 Å². The molecule has 0 unspecified atom stereocenters. The van der Waals surface area contributed by atoms with Crippen molar-refractivity contribution in [3.8, 4) is 0 Å². The van der Waals surface area contributed by atoms with Gasteiger partial charge in [0, 0.05) is 0 Å². The van der Waals surface area contributed by atoms with Crippen molar-refractivity contribution in [1.29, 1.82) is 0 Å². The van der Waals surface area contributed by atoms with E-state index in [-0.39, 0.29) is 12.5 Å². The van der Waals surface area contributed by atoms with Crippen LogP contribution in [0.25, 0.3) is 0 Å². The summed E-state index contributed by atoms with van der Waals surface area (Å²) >= 11 is 0. The van der Waals surface area contributed by atoms with E-state index in [1.54, 1.807) is 0 Å². The zero-order valence-corrected chi connectivity index (χ0v) is 6.32. The van der Waals surface area contributed by atoms with Gasteiger partial charge < -0.3 is 10.1 Å². The molecule has 1 aromatic rings. The molecule has 0 atom stereocenters. The molecule has 0 amide bonds. The Bertz CT molecular complexity index is 441. The lowest BCUT2D eigenvalue weighted by molar-refractivity contribution is -0.561. The number of aromatic nitrogens is 3. The van der Waals surface area contributed by atoms with Gasteiger partial charge in [-0.2, -0.15) is 5.11 Å². The van der Waals surface area contributed by atoms with E-state index in [0.717, 1.165) is 4.68 Å². The van der Waals surface area contributed by atoms with Crippen molar-refractivity contribution in [1.82, 2.24) is 14.5 Å². The van der Waals surface area contributed by atoms with Crippen molar-refractivity contribution in [3.05, 3.63) is 20.6 Å². The van der Waals surface area contributed by atoms with E-state index in [1.165, 1.54) is 0 Å². The van der Waals surface area contributed by atoms with E-state index in [1.807, 2.05) is 0 Å². The molecular weight excluding hydrogens is 180 g/mol. The minimum atomic E-state index is -0.944. The van der Waals surface area contributed by atoms with Crippen LogP contribution < -0.4 is 5.69 Å². The Hall–Kier alpha value is -2.06. The van der Waals surface area contributed by atoms with Crippen molar-refractivity contribution < 1.29 is 5.03 Å². The Labute approximate surface area is 70.4 Å². The zero-order valence-electron chi connectivity index (χ0n) is 6.32. The van der Waals surface area contributed by atoms with E-state index >= 15 is 0 Å². The van der Waals surface area contributed by atoms with Gasteiger partial charge in [0.2, 0.25) is 0 Å². The third kappa shape index (κ3) is 1.01. The van der Waals surface area contributed by atoms with Crippen LogP contribution in [0, 0.1) is 10.1 Å². The Balaban J connectivity index is 2.69. The second-order valence-electron chi connectivity index (χ2n) is 2.31. The van der Waals surface area contributed by atoms with Crippen molar-refractivity contribution in [2.75, 3.05) is 6.54 Å². The summed E-state index contributed by atoms with van der Waals surface area (Å²) in [6.45, 7) is 0.561. The number of nitrogens with zero attached hydrogens (tertiary/aromatic N) is 6. The highest BCUT2D eigenvalue weighted by Crippen LogP contribution is 2.10. The van der Waals surface area contributed by atoms with Gasteiger partial charge in [-0.1, -0.05) is 5.11 Å². The highest BCUT2D eigenvalue weighted by Gasteiger charge is 2.24.